The van der Waals surface area contributed by atoms with Crippen LogP contribution in [0.5, 0.6) is 5.75 Å². The Morgan fingerprint density at radius 2 is 1.92 bits per heavy atom. The van der Waals surface area contributed by atoms with Crippen LogP contribution in [0, 0.1) is 0 Å². The van der Waals surface area contributed by atoms with Gasteiger partial charge in [0.25, 0.3) is 0 Å². The summed E-state index contributed by atoms with van der Waals surface area (Å²) < 4.78 is 2.54. The highest BCUT2D eigenvalue weighted by molar-refractivity contribution is 9.10. The van der Waals surface area contributed by atoms with Gasteiger partial charge < -0.3 is 5.11 Å². The monoisotopic (exact) mass is 239 g/mol. The van der Waals surface area contributed by atoms with Crippen LogP contribution in [0.3, 0.4) is 0 Å². The predicted octanol–water partition coefficient (Wildman–Crippen LogP) is 1.74. The summed E-state index contributed by atoms with van der Waals surface area (Å²) in [6, 6.07) is 5.17. The first-order valence-corrected chi connectivity index (χ1v) is 4.40. The molecule has 4 nitrogen and oxygen atoms in total. The quantitative estimate of drug-likeness (QED) is 0.825. The number of halogens is 1. The number of phenols is 1. The van der Waals surface area contributed by atoms with Crippen molar-refractivity contribution in [1.82, 2.24) is 14.8 Å². The van der Waals surface area contributed by atoms with Crippen LogP contribution < -0.4 is 0 Å². The molecular formula is C8H6BrN3O. The van der Waals surface area contributed by atoms with E-state index >= 15 is 0 Å². The van der Waals surface area contributed by atoms with Crippen molar-refractivity contribution in [2.45, 2.75) is 0 Å². The molecule has 66 valence electrons. The second-order valence-electron chi connectivity index (χ2n) is 2.50. The lowest BCUT2D eigenvalue weighted by Crippen LogP contribution is -1.90. The Kier molecular flexibility index (Phi) is 2.02. The number of hydrogen-bond donors (Lipinski definition) is 1. The van der Waals surface area contributed by atoms with Gasteiger partial charge in [0.2, 0.25) is 0 Å². The molecule has 2 rings (SSSR count). The van der Waals surface area contributed by atoms with Crippen LogP contribution in [0.1, 0.15) is 0 Å². The van der Waals surface area contributed by atoms with Gasteiger partial charge in [-0.2, -0.15) is 0 Å². The Morgan fingerprint density at radius 1 is 1.23 bits per heavy atom. The Hall–Kier alpha value is -1.36. The van der Waals surface area contributed by atoms with Crippen molar-refractivity contribution in [3.05, 3.63) is 35.3 Å². The van der Waals surface area contributed by atoms with Crippen LogP contribution in [-0.2, 0) is 0 Å². The van der Waals surface area contributed by atoms with Crippen molar-refractivity contribution >= 4 is 15.9 Å². The molecule has 0 saturated carbocycles. The largest absolute Gasteiger partial charge is 0.506 e. The fourth-order valence-electron chi connectivity index (χ4n) is 1.03. The standard InChI is InChI=1S/C8H6BrN3O/c9-6-1-2-8(13)7(3-6)12-4-10-11-5-12/h1-5,13H. The number of phenolic OH excluding ortho intramolecular Hbond substituents is 1. The maximum absolute atomic E-state index is 9.51. The van der Waals surface area contributed by atoms with Crippen molar-refractivity contribution in [3.63, 3.8) is 0 Å². The van der Waals surface area contributed by atoms with Crippen LogP contribution in [0.25, 0.3) is 5.69 Å². The fourth-order valence-corrected chi connectivity index (χ4v) is 1.38. The van der Waals surface area contributed by atoms with Gasteiger partial charge in [-0.3, -0.25) is 4.57 Å². The van der Waals surface area contributed by atoms with E-state index in [2.05, 4.69) is 26.1 Å². The van der Waals surface area contributed by atoms with Gasteiger partial charge in [-0.1, -0.05) is 15.9 Å². The Balaban J connectivity index is 2.57. The van der Waals surface area contributed by atoms with Gasteiger partial charge in [-0.05, 0) is 18.2 Å². The minimum absolute atomic E-state index is 0.197. The van der Waals surface area contributed by atoms with E-state index in [1.165, 1.54) is 12.7 Å². The lowest BCUT2D eigenvalue weighted by Gasteiger charge is -2.03. The molecule has 0 unspecified atom stereocenters. The summed E-state index contributed by atoms with van der Waals surface area (Å²) in [5.74, 6) is 0.197. The van der Waals surface area contributed by atoms with Gasteiger partial charge >= 0.3 is 0 Å². The zero-order chi connectivity index (χ0) is 9.26. The third-order valence-corrected chi connectivity index (χ3v) is 2.13. The number of aromatic nitrogens is 3. The summed E-state index contributed by atoms with van der Waals surface area (Å²) in [4.78, 5) is 0. The Morgan fingerprint density at radius 3 is 2.62 bits per heavy atom. The second-order valence-corrected chi connectivity index (χ2v) is 3.42. The SMILES string of the molecule is Oc1ccc(Br)cc1-n1cnnc1. The molecule has 0 amide bonds. The molecule has 1 aromatic carbocycles. The minimum Gasteiger partial charge on any atom is -0.506 e. The summed E-state index contributed by atoms with van der Waals surface area (Å²) in [5, 5.41) is 16.8. The molecular weight excluding hydrogens is 234 g/mol. The Bertz CT molecular complexity index is 413. The summed E-state index contributed by atoms with van der Waals surface area (Å²) >= 11 is 3.32. The van der Waals surface area contributed by atoms with Crippen molar-refractivity contribution < 1.29 is 5.11 Å². The van der Waals surface area contributed by atoms with E-state index < -0.39 is 0 Å². The van der Waals surface area contributed by atoms with Gasteiger partial charge in [0.1, 0.15) is 18.4 Å². The summed E-state index contributed by atoms with van der Waals surface area (Å²) in [5.41, 5.74) is 0.652. The smallest absolute Gasteiger partial charge is 0.139 e. The first-order valence-electron chi connectivity index (χ1n) is 3.61. The van der Waals surface area contributed by atoms with E-state index in [0.29, 0.717) is 5.69 Å². The minimum atomic E-state index is 0.197. The Labute approximate surface area is 83.0 Å². The second kappa shape index (κ2) is 3.18. The first-order chi connectivity index (χ1) is 6.27. The average molecular weight is 240 g/mol. The number of nitrogens with zero attached hydrogens (tertiary/aromatic N) is 3. The number of aromatic hydroxyl groups is 1. The summed E-state index contributed by atoms with van der Waals surface area (Å²) in [6.45, 7) is 0. The average Bonchev–Trinajstić information content (AvgIpc) is 2.61. The van der Waals surface area contributed by atoms with E-state index in [4.69, 9.17) is 0 Å². The third-order valence-electron chi connectivity index (χ3n) is 1.63. The molecule has 1 aromatic heterocycles. The zero-order valence-electron chi connectivity index (χ0n) is 6.55. The molecule has 0 spiro atoms. The van der Waals surface area contributed by atoms with Crippen molar-refractivity contribution in [2.24, 2.45) is 0 Å². The maximum atomic E-state index is 9.51. The molecule has 0 radical (unpaired) electrons. The fraction of sp³-hybridized carbons (Fsp3) is 0. The molecule has 0 aliphatic rings. The van der Waals surface area contributed by atoms with Gasteiger partial charge in [-0.25, -0.2) is 0 Å². The molecule has 0 bridgehead atoms. The zero-order valence-corrected chi connectivity index (χ0v) is 8.14. The van der Waals surface area contributed by atoms with Crippen LogP contribution in [0.2, 0.25) is 0 Å². The highest BCUT2D eigenvalue weighted by atomic mass is 79.9. The van der Waals surface area contributed by atoms with E-state index in [-0.39, 0.29) is 5.75 Å². The molecule has 0 fully saturated rings. The normalized spacial score (nSPS) is 10.2. The van der Waals surface area contributed by atoms with E-state index in [0.717, 1.165) is 4.47 Å². The topological polar surface area (TPSA) is 50.9 Å². The summed E-state index contributed by atoms with van der Waals surface area (Å²) in [6.07, 6.45) is 3.06. The molecule has 0 aliphatic heterocycles. The van der Waals surface area contributed by atoms with Crippen LogP contribution in [-0.4, -0.2) is 19.9 Å². The molecule has 2 aromatic rings. The van der Waals surface area contributed by atoms with Crippen LogP contribution in [0.15, 0.2) is 35.3 Å². The predicted molar refractivity (Wildman–Crippen MR) is 50.7 cm³/mol. The molecule has 0 aliphatic carbocycles. The van der Waals surface area contributed by atoms with Crippen LogP contribution >= 0.6 is 15.9 Å². The number of hydrogen-bond acceptors (Lipinski definition) is 3. The van der Waals surface area contributed by atoms with Gasteiger partial charge in [0.15, 0.2) is 0 Å². The molecule has 13 heavy (non-hydrogen) atoms. The van der Waals surface area contributed by atoms with Gasteiger partial charge in [0, 0.05) is 4.47 Å². The number of benzene rings is 1. The molecule has 0 atom stereocenters. The van der Waals surface area contributed by atoms with Crippen LogP contribution in [0.4, 0.5) is 0 Å². The lowest BCUT2D eigenvalue weighted by atomic mass is 10.3. The van der Waals surface area contributed by atoms with E-state index in [1.54, 1.807) is 22.8 Å². The highest BCUT2D eigenvalue weighted by Crippen LogP contribution is 2.24. The van der Waals surface area contributed by atoms with E-state index in [9.17, 15) is 5.11 Å². The molecule has 1 heterocycles. The third kappa shape index (κ3) is 1.55. The number of rotatable bonds is 1. The maximum Gasteiger partial charge on any atom is 0.139 e. The van der Waals surface area contributed by atoms with Crippen molar-refractivity contribution in [1.29, 1.82) is 0 Å². The van der Waals surface area contributed by atoms with E-state index in [1.807, 2.05) is 0 Å². The van der Waals surface area contributed by atoms with Crippen molar-refractivity contribution in [2.75, 3.05) is 0 Å². The summed E-state index contributed by atoms with van der Waals surface area (Å²) in [7, 11) is 0. The first kappa shape index (κ1) is 8.25. The molecule has 5 heteroatoms. The van der Waals surface area contributed by atoms with Crippen molar-refractivity contribution in [3.8, 4) is 11.4 Å². The molecule has 0 saturated heterocycles. The van der Waals surface area contributed by atoms with Gasteiger partial charge in [0.05, 0.1) is 5.69 Å². The van der Waals surface area contributed by atoms with Gasteiger partial charge in [-0.15, -0.1) is 10.2 Å². The lowest BCUT2D eigenvalue weighted by molar-refractivity contribution is 0.472. The highest BCUT2D eigenvalue weighted by Gasteiger charge is 2.03. The molecule has 1 N–H and O–H groups in total.